The zero-order valence-corrected chi connectivity index (χ0v) is 25.3. The Labute approximate surface area is 253 Å². The van der Waals surface area contributed by atoms with Crippen LogP contribution in [-0.2, 0) is 4.79 Å². The van der Waals surface area contributed by atoms with E-state index in [4.69, 9.17) is 16.3 Å². The van der Waals surface area contributed by atoms with Crippen LogP contribution < -0.4 is 15.3 Å². The largest absolute Gasteiger partial charge is 0.488 e. The van der Waals surface area contributed by atoms with Crippen molar-refractivity contribution in [2.45, 2.75) is 32.0 Å². The molecule has 1 aromatic heterocycles. The van der Waals surface area contributed by atoms with Crippen LogP contribution in [0.1, 0.15) is 19.9 Å². The number of carbonyl (C=O) groups excluding carboxylic acids is 1. The van der Waals surface area contributed by atoms with Crippen molar-refractivity contribution in [3.05, 3.63) is 64.1 Å². The third kappa shape index (κ3) is 5.27. The summed E-state index contributed by atoms with van der Waals surface area (Å²) in [5.41, 5.74) is 0.381. The summed E-state index contributed by atoms with van der Waals surface area (Å²) in [7, 11) is 2.09. The lowest BCUT2D eigenvalue weighted by atomic mass is 9.99. The van der Waals surface area contributed by atoms with Gasteiger partial charge < -0.3 is 19.4 Å². The van der Waals surface area contributed by atoms with E-state index < -0.39 is 17.3 Å². The summed E-state index contributed by atoms with van der Waals surface area (Å²) in [6.45, 7) is 12.7. The number of rotatable bonds is 5. The molecule has 2 aromatic carbocycles. The number of ether oxygens (including phenoxy) is 1. The Kier molecular flexibility index (Phi) is 7.91. The summed E-state index contributed by atoms with van der Waals surface area (Å²) in [5, 5.41) is 0.788. The van der Waals surface area contributed by atoms with Crippen molar-refractivity contribution in [2.75, 3.05) is 64.4 Å². The molecule has 0 bridgehead atoms. The first kappa shape index (κ1) is 29.5. The van der Waals surface area contributed by atoms with Crippen molar-refractivity contribution in [2.24, 2.45) is 0 Å². The summed E-state index contributed by atoms with van der Waals surface area (Å²) in [5.74, 6) is -0.947. The molecule has 0 spiro atoms. The molecule has 2 fully saturated rings. The predicted molar refractivity (Wildman–Crippen MR) is 163 cm³/mol. The average molecular weight is 613 g/mol. The highest BCUT2D eigenvalue weighted by Crippen LogP contribution is 2.47. The van der Waals surface area contributed by atoms with E-state index in [-0.39, 0.29) is 52.5 Å². The van der Waals surface area contributed by atoms with Crippen LogP contribution in [0.2, 0.25) is 5.02 Å². The van der Waals surface area contributed by atoms with Crippen molar-refractivity contribution in [1.29, 1.82) is 0 Å². The highest BCUT2D eigenvalue weighted by Gasteiger charge is 2.37. The molecule has 228 valence electrons. The number of benzene rings is 2. The second kappa shape index (κ2) is 11.5. The van der Waals surface area contributed by atoms with Gasteiger partial charge in [0.25, 0.3) is 0 Å². The van der Waals surface area contributed by atoms with Crippen LogP contribution in [0, 0.1) is 11.6 Å². The highest BCUT2D eigenvalue weighted by atomic mass is 35.5. The molecule has 2 saturated heterocycles. The van der Waals surface area contributed by atoms with Crippen LogP contribution in [0.15, 0.2) is 41.7 Å². The zero-order valence-electron chi connectivity index (χ0n) is 24.5. The molecule has 43 heavy (non-hydrogen) atoms. The monoisotopic (exact) mass is 612 g/mol. The van der Waals surface area contributed by atoms with Crippen LogP contribution >= 0.6 is 11.6 Å². The lowest BCUT2D eigenvalue weighted by molar-refractivity contribution is -0.128. The summed E-state index contributed by atoms with van der Waals surface area (Å²) in [6, 6.07) is 4.32. The van der Waals surface area contributed by atoms with Gasteiger partial charge in [0, 0.05) is 80.5 Å². The smallest absolute Gasteiger partial charge is 0.350 e. The maximum absolute atomic E-state index is 15.2. The average Bonchev–Trinajstić information content (AvgIpc) is 2.97. The van der Waals surface area contributed by atoms with E-state index in [1.165, 1.54) is 18.2 Å². The first-order valence-electron chi connectivity index (χ1n) is 14.5. The zero-order chi connectivity index (χ0) is 30.6. The van der Waals surface area contributed by atoms with Gasteiger partial charge in [-0.3, -0.25) is 14.3 Å². The molecule has 4 heterocycles. The van der Waals surface area contributed by atoms with E-state index in [0.717, 1.165) is 32.2 Å². The molecule has 6 rings (SSSR count). The molecule has 1 amide bonds. The highest BCUT2D eigenvalue weighted by molar-refractivity contribution is 6.35. The van der Waals surface area contributed by atoms with Crippen molar-refractivity contribution in [3.63, 3.8) is 0 Å². The Morgan fingerprint density at radius 1 is 1.14 bits per heavy atom. The number of likely N-dealkylation sites (N-methyl/N-ethyl adjacent to an activating group) is 1. The Morgan fingerprint density at radius 3 is 2.58 bits per heavy atom. The van der Waals surface area contributed by atoms with Crippen LogP contribution in [0.25, 0.3) is 22.0 Å². The number of aromatic nitrogens is 2. The Morgan fingerprint density at radius 2 is 1.88 bits per heavy atom. The SMILES string of the molecule is C=CC(=O)N1C[C@H](C)N(c2nc(=O)n3c4c(c(-c5ccc(F)cc5F)c(Cl)cc24)OC[C@H]3CN2CCN(C)CC2)C[C@H]1C. The lowest BCUT2D eigenvalue weighted by Gasteiger charge is -2.45. The fraction of sp³-hybridized carbons (Fsp3) is 0.452. The standard InChI is InChI=1S/C31H35ClF2N6O3/c1-5-26(41)38-14-19(3)39(15-18(38)2)30-23-13-24(32)27(22-7-6-20(33)12-25(22)34)29-28(23)40(31(42)35-30)21(17-43-29)16-37-10-8-36(4)9-11-37/h5-7,12-13,18-19,21H,1,8-11,14-17H2,2-4H3/t18-,19+,21-/m1/s1. The van der Waals surface area contributed by atoms with Gasteiger partial charge in [-0.25, -0.2) is 13.6 Å². The number of hydrogen-bond acceptors (Lipinski definition) is 7. The van der Waals surface area contributed by atoms with Crippen LogP contribution in [0.4, 0.5) is 14.6 Å². The fourth-order valence-electron chi connectivity index (χ4n) is 6.53. The minimum atomic E-state index is -0.783. The fourth-order valence-corrected chi connectivity index (χ4v) is 6.83. The van der Waals surface area contributed by atoms with Gasteiger partial charge in [-0.15, -0.1) is 0 Å². The molecule has 0 aliphatic carbocycles. The van der Waals surface area contributed by atoms with Gasteiger partial charge in [-0.1, -0.05) is 18.2 Å². The molecule has 9 nitrogen and oxygen atoms in total. The number of amides is 1. The second-order valence-electron chi connectivity index (χ2n) is 11.8. The quantitative estimate of drug-likeness (QED) is 0.406. The third-order valence-corrected chi connectivity index (χ3v) is 9.16. The van der Waals surface area contributed by atoms with E-state index >= 15 is 4.39 Å². The van der Waals surface area contributed by atoms with Gasteiger partial charge in [0.15, 0.2) is 5.75 Å². The molecule has 3 aliphatic heterocycles. The number of hydrogen-bond donors (Lipinski definition) is 0. The molecule has 0 N–H and O–H groups in total. The molecule has 0 radical (unpaired) electrons. The van der Waals surface area contributed by atoms with Gasteiger partial charge in [0.05, 0.1) is 16.6 Å². The maximum atomic E-state index is 15.2. The Balaban J connectivity index is 1.53. The summed E-state index contributed by atoms with van der Waals surface area (Å²) >= 11 is 6.86. The lowest BCUT2D eigenvalue weighted by Crippen LogP contribution is -2.58. The predicted octanol–water partition coefficient (Wildman–Crippen LogP) is 3.79. The van der Waals surface area contributed by atoms with Crippen molar-refractivity contribution >= 4 is 34.2 Å². The second-order valence-corrected chi connectivity index (χ2v) is 12.2. The molecule has 0 saturated carbocycles. The van der Waals surface area contributed by atoms with Crippen molar-refractivity contribution in [3.8, 4) is 16.9 Å². The number of piperazine rings is 2. The van der Waals surface area contributed by atoms with Crippen molar-refractivity contribution < 1.29 is 18.3 Å². The molecular formula is C31H35ClF2N6O3. The first-order valence-corrected chi connectivity index (χ1v) is 14.9. The number of anilines is 1. The van der Waals surface area contributed by atoms with E-state index in [9.17, 15) is 14.0 Å². The number of carbonyl (C=O) groups is 1. The van der Waals surface area contributed by atoms with Crippen LogP contribution in [-0.4, -0.2) is 102 Å². The normalized spacial score (nSPS) is 23.0. The molecular weight excluding hydrogens is 578 g/mol. The summed E-state index contributed by atoms with van der Waals surface area (Å²) < 4.78 is 37.0. The number of halogens is 3. The van der Waals surface area contributed by atoms with Gasteiger partial charge in [-0.05, 0) is 45.2 Å². The summed E-state index contributed by atoms with van der Waals surface area (Å²) in [6.07, 6.45) is 1.31. The minimum Gasteiger partial charge on any atom is -0.488 e. The third-order valence-electron chi connectivity index (χ3n) is 8.86. The first-order chi connectivity index (χ1) is 20.6. The molecule has 3 aliphatic rings. The van der Waals surface area contributed by atoms with Gasteiger partial charge in [-0.2, -0.15) is 4.98 Å². The topological polar surface area (TPSA) is 74.1 Å². The molecule has 3 atom stereocenters. The number of nitrogens with zero attached hydrogens (tertiary/aromatic N) is 6. The summed E-state index contributed by atoms with van der Waals surface area (Å²) in [4.78, 5) is 39.4. The maximum Gasteiger partial charge on any atom is 0.350 e. The van der Waals surface area contributed by atoms with E-state index in [1.54, 1.807) is 15.5 Å². The molecule has 3 aromatic rings. The van der Waals surface area contributed by atoms with E-state index in [1.807, 2.05) is 18.7 Å². The van der Waals surface area contributed by atoms with Gasteiger partial charge >= 0.3 is 5.69 Å². The van der Waals surface area contributed by atoms with Gasteiger partial charge in [0.1, 0.15) is 24.1 Å². The molecule has 12 heteroatoms. The van der Waals surface area contributed by atoms with Gasteiger partial charge in [0.2, 0.25) is 5.91 Å². The Hall–Kier alpha value is -3.54. The van der Waals surface area contributed by atoms with Crippen LogP contribution in [0.3, 0.4) is 0 Å². The Bertz CT molecular complexity index is 1660. The van der Waals surface area contributed by atoms with E-state index in [0.29, 0.717) is 36.4 Å². The van der Waals surface area contributed by atoms with E-state index in [2.05, 4.69) is 28.4 Å². The van der Waals surface area contributed by atoms with Crippen molar-refractivity contribution in [1.82, 2.24) is 24.3 Å². The minimum absolute atomic E-state index is 0.0803. The van der Waals surface area contributed by atoms with Crippen LogP contribution in [0.5, 0.6) is 5.75 Å². The molecule has 0 unspecified atom stereocenters.